The van der Waals surface area contributed by atoms with Gasteiger partial charge in [0.2, 0.25) is 15.9 Å². The second-order valence-electron chi connectivity index (χ2n) is 10.1. The number of hydrogen-bond acceptors (Lipinski definition) is 6. The average Bonchev–Trinajstić information content (AvgIpc) is 3.38. The van der Waals surface area contributed by atoms with Crippen molar-refractivity contribution in [2.75, 3.05) is 27.3 Å². The van der Waals surface area contributed by atoms with Gasteiger partial charge in [-0.05, 0) is 80.3 Å². The summed E-state index contributed by atoms with van der Waals surface area (Å²) in [7, 11) is -0.761. The molecule has 0 atom stereocenters. The second kappa shape index (κ2) is 13.6. The van der Waals surface area contributed by atoms with E-state index in [0.29, 0.717) is 35.2 Å². The highest BCUT2D eigenvalue weighted by Gasteiger charge is 2.35. The molecule has 2 aromatic carbocycles. The molecule has 0 unspecified atom stereocenters. The second-order valence-corrected chi connectivity index (χ2v) is 12.4. The van der Waals surface area contributed by atoms with Crippen molar-refractivity contribution in [3.05, 3.63) is 76.7 Å². The number of benzene rings is 2. The fourth-order valence-corrected chi connectivity index (χ4v) is 6.87. The lowest BCUT2D eigenvalue weighted by Gasteiger charge is -2.34. The van der Waals surface area contributed by atoms with E-state index < -0.39 is 10.0 Å². The molecule has 4 rings (SSSR count). The number of ether oxygens (including phenoxy) is 2. The van der Waals surface area contributed by atoms with E-state index in [2.05, 4.69) is 0 Å². The molecule has 10 heteroatoms. The van der Waals surface area contributed by atoms with E-state index in [-0.39, 0.29) is 29.9 Å². The zero-order valence-corrected chi connectivity index (χ0v) is 24.8. The van der Waals surface area contributed by atoms with Crippen LogP contribution in [0.5, 0.6) is 11.5 Å². The van der Waals surface area contributed by atoms with Crippen LogP contribution in [0.1, 0.15) is 49.2 Å². The summed E-state index contributed by atoms with van der Waals surface area (Å²) in [5.74, 6) is 2.34. The van der Waals surface area contributed by atoms with Crippen molar-refractivity contribution in [2.45, 2.75) is 62.9 Å². The topological polar surface area (TPSA) is 89.3 Å². The Kier molecular flexibility index (Phi) is 10.2. The molecule has 1 aliphatic carbocycles. The van der Waals surface area contributed by atoms with Gasteiger partial charge in [0.1, 0.15) is 11.5 Å². The van der Waals surface area contributed by atoms with Crippen molar-refractivity contribution in [2.24, 2.45) is 0 Å². The molecule has 3 aromatic rings. The molecule has 1 amide bonds. The highest BCUT2D eigenvalue weighted by Crippen LogP contribution is 2.30. The standard InChI is InChI=1S/C30H37ClN2O6S/c1-22-9-13-26(39-22)20-32(18-17-23-10-16-28(37-2)29(19-23)38-3)30(34)21-33(25-7-5-4-6-8-25)40(35,36)27-14-11-24(31)12-15-27/h9-16,19,25H,4-8,17-18,20-21H2,1-3H3. The summed E-state index contributed by atoms with van der Waals surface area (Å²) in [5, 5.41) is 0.453. The summed E-state index contributed by atoms with van der Waals surface area (Å²) in [6, 6.07) is 15.2. The fraction of sp³-hybridized carbons (Fsp3) is 0.433. The van der Waals surface area contributed by atoms with E-state index in [4.69, 9.17) is 25.5 Å². The summed E-state index contributed by atoms with van der Waals surface area (Å²) < 4.78 is 45.6. The Balaban J connectivity index is 1.59. The monoisotopic (exact) mass is 588 g/mol. The number of carbonyl (C=O) groups is 1. The quantitative estimate of drug-likeness (QED) is 0.263. The molecule has 0 bridgehead atoms. The van der Waals surface area contributed by atoms with Gasteiger partial charge >= 0.3 is 0 Å². The van der Waals surface area contributed by atoms with Gasteiger partial charge in [-0.1, -0.05) is 36.9 Å². The molecule has 40 heavy (non-hydrogen) atoms. The van der Waals surface area contributed by atoms with E-state index in [1.807, 2.05) is 37.3 Å². The highest BCUT2D eigenvalue weighted by molar-refractivity contribution is 7.89. The van der Waals surface area contributed by atoms with Gasteiger partial charge in [-0.3, -0.25) is 4.79 Å². The van der Waals surface area contributed by atoms with E-state index in [0.717, 1.165) is 43.4 Å². The number of nitrogens with zero attached hydrogens (tertiary/aromatic N) is 2. The Morgan fingerprint density at radius 2 is 1.68 bits per heavy atom. The van der Waals surface area contributed by atoms with Gasteiger partial charge in [-0.25, -0.2) is 8.42 Å². The summed E-state index contributed by atoms with van der Waals surface area (Å²) in [4.78, 5) is 15.7. The largest absolute Gasteiger partial charge is 0.493 e. The van der Waals surface area contributed by atoms with Crippen LogP contribution in [0.15, 0.2) is 63.9 Å². The van der Waals surface area contributed by atoms with Crippen LogP contribution in [0, 0.1) is 6.92 Å². The van der Waals surface area contributed by atoms with Crippen LogP contribution in [0.4, 0.5) is 0 Å². The third-order valence-electron chi connectivity index (χ3n) is 7.31. The van der Waals surface area contributed by atoms with Crippen LogP contribution in [0.25, 0.3) is 0 Å². The number of methoxy groups -OCH3 is 2. The lowest BCUT2D eigenvalue weighted by Crippen LogP contribution is -2.48. The first-order valence-corrected chi connectivity index (χ1v) is 15.3. The summed E-state index contributed by atoms with van der Waals surface area (Å²) in [6.07, 6.45) is 4.92. The number of carbonyl (C=O) groups excluding carboxylic acids is 1. The molecule has 0 saturated heterocycles. The van der Waals surface area contributed by atoms with Crippen LogP contribution < -0.4 is 9.47 Å². The van der Waals surface area contributed by atoms with Crippen molar-refractivity contribution in [1.29, 1.82) is 0 Å². The Labute approximate surface area is 241 Å². The lowest BCUT2D eigenvalue weighted by atomic mass is 9.95. The Morgan fingerprint density at radius 3 is 2.30 bits per heavy atom. The summed E-state index contributed by atoms with van der Waals surface area (Å²) in [5.41, 5.74) is 0.962. The molecule has 0 radical (unpaired) electrons. The smallest absolute Gasteiger partial charge is 0.243 e. The van der Waals surface area contributed by atoms with Gasteiger partial charge in [-0.2, -0.15) is 4.31 Å². The van der Waals surface area contributed by atoms with Crippen LogP contribution >= 0.6 is 11.6 Å². The zero-order valence-electron chi connectivity index (χ0n) is 23.3. The average molecular weight is 589 g/mol. The Bertz CT molecular complexity index is 1380. The summed E-state index contributed by atoms with van der Waals surface area (Å²) in [6.45, 7) is 2.21. The van der Waals surface area contributed by atoms with Crippen LogP contribution in [0.2, 0.25) is 5.02 Å². The molecule has 1 saturated carbocycles. The molecule has 0 N–H and O–H groups in total. The molecule has 0 spiro atoms. The third kappa shape index (κ3) is 7.38. The minimum absolute atomic E-state index is 0.133. The minimum atomic E-state index is -3.93. The molecular weight excluding hydrogens is 552 g/mol. The van der Waals surface area contributed by atoms with E-state index >= 15 is 0 Å². The molecule has 1 aliphatic rings. The molecule has 1 fully saturated rings. The van der Waals surface area contributed by atoms with Gasteiger partial charge in [0.05, 0.1) is 32.2 Å². The molecule has 1 heterocycles. The first-order chi connectivity index (χ1) is 19.2. The van der Waals surface area contributed by atoms with Crippen LogP contribution in [-0.4, -0.2) is 56.9 Å². The van der Waals surface area contributed by atoms with Crippen LogP contribution in [0.3, 0.4) is 0 Å². The molecule has 1 aromatic heterocycles. The number of halogens is 1. The number of amides is 1. The van der Waals surface area contributed by atoms with Gasteiger partial charge in [0, 0.05) is 17.6 Å². The van der Waals surface area contributed by atoms with Crippen LogP contribution in [-0.2, 0) is 27.8 Å². The third-order valence-corrected chi connectivity index (χ3v) is 9.47. The predicted octanol–water partition coefficient (Wildman–Crippen LogP) is 5.85. The molecule has 216 valence electrons. The van der Waals surface area contributed by atoms with Crippen molar-refractivity contribution < 1.29 is 27.1 Å². The zero-order chi connectivity index (χ0) is 28.7. The number of hydrogen-bond donors (Lipinski definition) is 0. The summed E-state index contributed by atoms with van der Waals surface area (Å²) >= 11 is 6.02. The molecular formula is C30H37ClN2O6S. The van der Waals surface area contributed by atoms with Crippen molar-refractivity contribution in [3.8, 4) is 11.5 Å². The number of rotatable bonds is 12. The molecule has 8 nitrogen and oxygen atoms in total. The van der Waals surface area contributed by atoms with Crippen molar-refractivity contribution in [3.63, 3.8) is 0 Å². The maximum Gasteiger partial charge on any atom is 0.243 e. The van der Waals surface area contributed by atoms with E-state index in [9.17, 15) is 13.2 Å². The maximum atomic E-state index is 13.9. The van der Waals surface area contributed by atoms with E-state index in [1.165, 1.54) is 16.4 Å². The van der Waals surface area contributed by atoms with Crippen molar-refractivity contribution >= 4 is 27.5 Å². The lowest BCUT2D eigenvalue weighted by molar-refractivity contribution is -0.132. The number of aryl methyl sites for hydroxylation is 1. The van der Waals surface area contributed by atoms with Crippen molar-refractivity contribution in [1.82, 2.24) is 9.21 Å². The number of furan rings is 1. The maximum absolute atomic E-state index is 13.9. The first kappa shape index (κ1) is 30.0. The van der Waals surface area contributed by atoms with Gasteiger partial charge in [0.15, 0.2) is 11.5 Å². The minimum Gasteiger partial charge on any atom is -0.493 e. The molecule has 0 aliphatic heterocycles. The fourth-order valence-electron chi connectivity index (χ4n) is 5.10. The normalized spacial score (nSPS) is 14.3. The van der Waals surface area contributed by atoms with Gasteiger partial charge < -0.3 is 18.8 Å². The Morgan fingerprint density at radius 1 is 0.975 bits per heavy atom. The first-order valence-electron chi connectivity index (χ1n) is 13.5. The van der Waals surface area contributed by atoms with Gasteiger partial charge in [-0.15, -0.1) is 0 Å². The SMILES string of the molecule is COc1ccc(CCN(Cc2ccc(C)o2)C(=O)CN(C2CCCCC2)S(=O)(=O)c2ccc(Cl)cc2)cc1OC. The highest BCUT2D eigenvalue weighted by atomic mass is 35.5. The van der Waals surface area contributed by atoms with Gasteiger partial charge in [0.25, 0.3) is 0 Å². The van der Waals surface area contributed by atoms with E-state index in [1.54, 1.807) is 31.3 Å². The Hall–Kier alpha value is -3.01. The number of sulfonamides is 1. The predicted molar refractivity (Wildman–Crippen MR) is 154 cm³/mol.